The van der Waals surface area contributed by atoms with Crippen LogP contribution in [0.1, 0.15) is 46.9 Å². The van der Waals surface area contributed by atoms with Gasteiger partial charge in [0.05, 0.1) is 19.3 Å². The molecule has 5 rings (SSSR count). The molecule has 0 aromatic heterocycles. The van der Waals surface area contributed by atoms with E-state index in [1.54, 1.807) is 24.0 Å². The van der Waals surface area contributed by atoms with Crippen molar-refractivity contribution in [2.45, 2.75) is 32.2 Å². The molecule has 2 saturated heterocycles. The van der Waals surface area contributed by atoms with Gasteiger partial charge in [0.2, 0.25) is 0 Å². The minimum atomic E-state index is -0.866. The Morgan fingerprint density at radius 2 is 1.66 bits per heavy atom. The summed E-state index contributed by atoms with van der Waals surface area (Å²) >= 11 is 0. The number of halogens is 2. The van der Waals surface area contributed by atoms with Crippen LogP contribution in [0, 0.1) is 17.0 Å². The fraction of sp³-hybridized carbons (Fsp3) is 0.344. The SMILES string of the molecule is CCOC(=O)C1CC2(CCN(C(=O)c3ccc(-c4ccccc4)c(F)c3)CC2)CN1C(=O)c1cc(OC)ccc1F. The smallest absolute Gasteiger partial charge is 0.328 e. The number of ether oxygens (including phenoxy) is 2. The molecule has 2 fully saturated rings. The van der Waals surface area contributed by atoms with Crippen molar-refractivity contribution in [3.8, 4) is 16.9 Å². The maximum atomic E-state index is 14.9. The number of likely N-dealkylation sites (tertiary alicyclic amines) is 2. The van der Waals surface area contributed by atoms with Gasteiger partial charge >= 0.3 is 5.97 Å². The third kappa shape index (κ3) is 5.66. The summed E-state index contributed by atoms with van der Waals surface area (Å²) in [7, 11) is 1.43. The molecular formula is C32H32F2N2O5. The van der Waals surface area contributed by atoms with E-state index in [4.69, 9.17) is 9.47 Å². The van der Waals surface area contributed by atoms with Gasteiger partial charge in [-0.2, -0.15) is 0 Å². The van der Waals surface area contributed by atoms with Gasteiger partial charge in [-0.3, -0.25) is 9.59 Å². The fourth-order valence-electron chi connectivity index (χ4n) is 5.90. The Hall–Kier alpha value is -4.27. The van der Waals surface area contributed by atoms with Crippen molar-refractivity contribution in [3.63, 3.8) is 0 Å². The maximum absolute atomic E-state index is 14.9. The number of methoxy groups -OCH3 is 1. The Morgan fingerprint density at radius 3 is 2.32 bits per heavy atom. The Balaban J connectivity index is 1.31. The number of rotatable bonds is 6. The number of benzene rings is 3. The van der Waals surface area contributed by atoms with E-state index in [1.807, 2.05) is 30.3 Å². The maximum Gasteiger partial charge on any atom is 0.328 e. The van der Waals surface area contributed by atoms with Crippen molar-refractivity contribution in [1.29, 1.82) is 0 Å². The van der Waals surface area contributed by atoms with Crippen LogP contribution < -0.4 is 4.74 Å². The topological polar surface area (TPSA) is 76.2 Å². The molecule has 1 unspecified atom stereocenters. The molecule has 1 atom stereocenters. The highest BCUT2D eigenvalue weighted by atomic mass is 19.1. The summed E-state index contributed by atoms with van der Waals surface area (Å²) in [5.41, 5.74) is 0.799. The Morgan fingerprint density at radius 1 is 0.927 bits per heavy atom. The monoisotopic (exact) mass is 562 g/mol. The summed E-state index contributed by atoms with van der Waals surface area (Å²) in [6.07, 6.45) is 1.42. The summed E-state index contributed by atoms with van der Waals surface area (Å²) in [5, 5.41) is 0. The third-order valence-electron chi connectivity index (χ3n) is 8.14. The van der Waals surface area contributed by atoms with E-state index in [0.29, 0.717) is 43.7 Å². The van der Waals surface area contributed by atoms with Crippen molar-refractivity contribution in [2.24, 2.45) is 5.41 Å². The number of esters is 1. The zero-order chi connectivity index (χ0) is 29.1. The molecule has 2 aliphatic heterocycles. The molecule has 0 saturated carbocycles. The molecule has 2 amide bonds. The first-order valence-electron chi connectivity index (χ1n) is 13.7. The summed E-state index contributed by atoms with van der Waals surface area (Å²) in [5.74, 6) is -2.26. The van der Waals surface area contributed by atoms with Gasteiger partial charge in [0.25, 0.3) is 11.8 Å². The second kappa shape index (κ2) is 11.7. The first-order valence-corrected chi connectivity index (χ1v) is 13.7. The first-order chi connectivity index (χ1) is 19.7. The highest BCUT2D eigenvalue weighted by molar-refractivity contribution is 5.98. The number of nitrogens with zero attached hydrogens (tertiary/aromatic N) is 2. The van der Waals surface area contributed by atoms with E-state index in [1.165, 1.54) is 30.2 Å². The number of hydrogen-bond donors (Lipinski definition) is 0. The van der Waals surface area contributed by atoms with E-state index in [2.05, 4.69) is 0 Å². The van der Waals surface area contributed by atoms with Gasteiger partial charge in [0, 0.05) is 30.8 Å². The lowest BCUT2D eigenvalue weighted by molar-refractivity contribution is -0.147. The Labute approximate surface area is 237 Å². The van der Waals surface area contributed by atoms with Crippen molar-refractivity contribution in [2.75, 3.05) is 33.4 Å². The van der Waals surface area contributed by atoms with Gasteiger partial charge in [0.15, 0.2) is 0 Å². The van der Waals surface area contributed by atoms with Gasteiger partial charge in [-0.15, -0.1) is 0 Å². The number of hydrogen-bond acceptors (Lipinski definition) is 5. The molecule has 214 valence electrons. The fourth-order valence-corrected chi connectivity index (χ4v) is 5.90. The van der Waals surface area contributed by atoms with Crippen molar-refractivity contribution in [3.05, 3.63) is 89.5 Å². The van der Waals surface area contributed by atoms with Crippen LogP contribution in [0.2, 0.25) is 0 Å². The molecule has 2 aliphatic rings. The van der Waals surface area contributed by atoms with Gasteiger partial charge < -0.3 is 19.3 Å². The average Bonchev–Trinajstić information content (AvgIpc) is 3.36. The van der Waals surface area contributed by atoms with Crippen LogP contribution in [0.5, 0.6) is 5.75 Å². The number of carbonyl (C=O) groups excluding carboxylic acids is 3. The standard InChI is InChI=1S/C32H32F2N2O5/c1-3-41-31(39)28-19-32(20-36(28)30(38)25-18-23(40-2)10-12-26(25)33)13-15-35(16-14-32)29(37)22-9-11-24(27(34)17-22)21-7-5-4-6-8-21/h4-12,17-18,28H,3,13-16,19-20H2,1-2H3. The van der Waals surface area contributed by atoms with Crippen molar-refractivity contribution >= 4 is 17.8 Å². The molecule has 0 aliphatic carbocycles. The van der Waals surface area contributed by atoms with E-state index >= 15 is 0 Å². The second-order valence-electron chi connectivity index (χ2n) is 10.6. The van der Waals surface area contributed by atoms with Crippen molar-refractivity contribution < 1.29 is 32.6 Å². The molecule has 41 heavy (non-hydrogen) atoms. The Kier molecular flexibility index (Phi) is 8.06. The zero-order valence-corrected chi connectivity index (χ0v) is 23.1. The van der Waals surface area contributed by atoms with Crippen LogP contribution in [-0.4, -0.2) is 67.0 Å². The minimum Gasteiger partial charge on any atom is -0.497 e. The molecule has 3 aromatic carbocycles. The van der Waals surface area contributed by atoms with E-state index in [9.17, 15) is 23.2 Å². The zero-order valence-electron chi connectivity index (χ0n) is 23.1. The molecule has 9 heteroatoms. The summed E-state index contributed by atoms with van der Waals surface area (Å²) in [4.78, 5) is 42.8. The van der Waals surface area contributed by atoms with Crippen LogP contribution in [0.3, 0.4) is 0 Å². The lowest BCUT2D eigenvalue weighted by Crippen LogP contribution is -2.45. The van der Waals surface area contributed by atoms with E-state index in [0.717, 1.165) is 11.6 Å². The van der Waals surface area contributed by atoms with Crippen LogP contribution in [0.25, 0.3) is 11.1 Å². The van der Waals surface area contributed by atoms with Crippen LogP contribution >= 0.6 is 0 Å². The van der Waals surface area contributed by atoms with E-state index < -0.39 is 35.0 Å². The predicted octanol–water partition coefficient (Wildman–Crippen LogP) is 5.34. The number of carbonyl (C=O) groups is 3. The highest BCUT2D eigenvalue weighted by Crippen LogP contribution is 2.44. The lowest BCUT2D eigenvalue weighted by atomic mass is 9.76. The Bertz CT molecular complexity index is 1450. The molecule has 7 nitrogen and oxygen atoms in total. The summed E-state index contributed by atoms with van der Waals surface area (Å²) < 4.78 is 40.0. The third-order valence-corrected chi connectivity index (χ3v) is 8.14. The molecule has 3 aromatic rings. The minimum absolute atomic E-state index is 0.153. The predicted molar refractivity (Wildman–Crippen MR) is 148 cm³/mol. The van der Waals surface area contributed by atoms with E-state index in [-0.39, 0.29) is 30.2 Å². The normalized spacial score (nSPS) is 17.9. The molecule has 2 heterocycles. The quantitative estimate of drug-likeness (QED) is 0.379. The summed E-state index contributed by atoms with van der Waals surface area (Å²) in [6.45, 7) is 2.84. The van der Waals surface area contributed by atoms with Gasteiger partial charge in [-0.05, 0) is 67.5 Å². The average molecular weight is 563 g/mol. The molecule has 0 bridgehead atoms. The number of piperidine rings is 1. The van der Waals surface area contributed by atoms with Crippen LogP contribution in [0.15, 0.2) is 66.7 Å². The molecular weight excluding hydrogens is 530 g/mol. The van der Waals surface area contributed by atoms with Gasteiger partial charge in [-0.1, -0.05) is 36.4 Å². The largest absolute Gasteiger partial charge is 0.497 e. The van der Waals surface area contributed by atoms with Crippen molar-refractivity contribution in [1.82, 2.24) is 9.80 Å². The van der Waals surface area contributed by atoms with Gasteiger partial charge in [-0.25, -0.2) is 13.6 Å². The van der Waals surface area contributed by atoms with Gasteiger partial charge in [0.1, 0.15) is 23.4 Å². The van der Waals surface area contributed by atoms with Crippen LogP contribution in [-0.2, 0) is 9.53 Å². The number of amides is 2. The molecule has 0 N–H and O–H groups in total. The van der Waals surface area contributed by atoms with Crippen LogP contribution in [0.4, 0.5) is 8.78 Å². The molecule has 1 spiro atoms. The first kappa shape index (κ1) is 28.3. The molecule has 0 radical (unpaired) electrons. The highest BCUT2D eigenvalue weighted by Gasteiger charge is 2.51. The second-order valence-corrected chi connectivity index (χ2v) is 10.6. The summed E-state index contributed by atoms with van der Waals surface area (Å²) in [6, 6.07) is 16.7. The lowest BCUT2D eigenvalue weighted by Gasteiger charge is -2.39.